The van der Waals surface area contributed by atoms with Crippen LogP contribution in [0, 0.1) is 0 Å². The van der Waals surface area contributed by atoms with Crippen LogP contribution in [0.1, 0.15) is 34.3 Å². The fourth-order valence-corrected chi connectivity index (χ4v) is 11.8. The molecule has 0 atom stereocenters. The number of fused-ring (bicyclic) bond motifs is 3. The first-order chi connectivity index (χ1) is 19.3. The Morgan fingerprint density at radius 2 is 1.07 bits per heavy atom. The summed E-state index contributed by atoms with van der Waals surface area (Å²) in [7, 11) is 0. The first-order valence-corrected chi connectivity index (χ1v) is 16.3. The summed E-state index contributed by atoms with van der Waals surface area (Å²) < 4.78 is 3.71. The molecule has 0 amide bonds. The number of rotatable bonds is 5. The van der Waals surface area contributed by atoms with E-state index < -0.39 is 17.4 Å². The summed E-state index contributed by atoms with van der Waals surface area (Å²) in [4.78, 5) is 0. The Labute approximate surface area is 261 Å². The van der Waals surface area contributed by atoms with Gasteiger partial charge in [0.1, 0.15) is 0 Å². The van der Waals surface area contributed by atoms with Crippen molar-refractivity contribution in [3.05, 3.63) is 166 Å². The van der Waals surface area contributed by atoms with Gasteiger partial charge in [0, 0.05) is 0 Å². The maximum Gasteiger partial charge on any atom is -1.00 e. The van der Waals surface area contributed by atoms with Crippen molar-refractivity contribution < 1.29 is 42.2 Å². The molecule has 200 valence electrons. The average molecular weight is 605 g/mol. The van der Waals surface area contributed by atoms with Gasteiger partial charge in [-0.1, -0.05) is 0 Å². The van der Waals surface area contributed by atoms with E-state index in [1.54, 1.807) is 7.69 Å². The van der Waals surface area contributed by atoms with Crippen molar-refractivity contribution in [3.8, 4) is 33.4 Å². The molecule has 0 aromatic heterocycles. The summed E-state index contributed by atoms with van der Waals surface area (Å²) in [6, 6.07) is 47.2. The summed E-state index contributed by atoms with van der Waals surface area (Å²) >= 11 is -1.98. The molecule has 0 fully saturated rings. The van der Waals surface area contributed by atoms with Crippen LogP contribution in [0.5, 0.6) is 0 Å². The van der Waals surface area contributed by atoms with Crippen molar-refractivity contribution in [2.75, 3.05) is 0 Å². The molecule has 2 aliphatic carbocycles. The zero-order chi connectivity index (χ0) is 26.2. The van der Waals surface area contributed by atoms with Gasteiger partial charge in [0.25, 0.3) is 0 Å². The van der Waals surface area contributed by atoms with Crippen LogP contribution >= 0.6 is 0 Å². The van der Waals surface area contributed by atoms with Crippen LogP contribution in [0.3, 0.4) is 0 Å². The molecule has 0 radical (unpaired) electrons. The third-order valence-corrected chi connectivity index (χ3v) is 13.5. The minimum atomic E-state index is -1.98. The standard InChI is InChI=1S/C25H17.C8H8.C5H5.2ClH.Ti/c1-3-7-18(8-4-1)20-11-13-22-15-23-14-12-21(17-25(23)24(22)16-20)19-9-5-2-6-10-19;1-2-8-6-4-3-5-7-8;1-2-4-5-3-1;;;/h1-17H;3-7H,1H3;1-3H,4H2;2*1H;/q;;;;;+2/p-2. The molecule has 2 aliphatic rings. The van der Waals surface area contributed by atoms with Gasteiger partial charge in [-0.2, -0.15) is 0 Å². The van der Waals surface area contributed by atoms with Gasteiger partial charge in [-0.05, 0) is 0 Å². The van der Waals surface area contributed by atoms with Gasteiger partial charge in [-0.3, -0.25) is 0 Å². The molecule has 7 rings (SSSR count). The van der Waals surface area contributed by atoms with E-state index in [2.05, 4.69) is 153 Å². The zero-order valence-corrected chi connectivity index (χ0v) is 26.0. The van der Waals surface area contributed by atoms with E-state index in [4.69, 9.17) is 0 Å². The van der Waals surface area contributed by atoms with Crippen LogP contribution in [0.2, 0.25) is 0 Å². The monoisotopic (exact) mass is 604 g/mol. The first kappa shape index (κ1) is 29.2. The van der Waals surface area contributed by atoms with Gasteiger partial charge in [0.2, 0.25) is 0 Å². The van der Waals surface area contributed by atoms with Crippen molar-refractivity contribution in [1.82, 2.24) is 0 Å². The molecular weight excluding hydrogens is 575 g/mol. The van der Waals surface area contributed by atoms with E-state index in [1.807, 2.05) is 0 Å². The molecule has 0 saturated carbocycles. The Balaban J connectivity index is 0.00000169. The first-order valence-electron chi connectivity index (χ1n) is 13.8. The summed E-state index contributed by atoms with van der Waals surface area (Å²) in [6.07, 6.45) is 8.13. The second-order valence-electron chi connectivity index (χ2n) is 10.5. The minimum Gasteiger partial charge on any atom is -1.00 e. The average Bonchev–Trinajstić information content (AvgIpc) is 3.65. The maximum absolute atomic E-state index is 2.45. The topological polar surface area (TPSA) is 0 Å². The molecule has 0 bridgehead atoms. The van der Waals surface area contributed by atoms with Gasteiger partial charge in [-0.25, -0.2) is 0 Å². The Kier molecular flexibility index (Phi) is 9.07. The molecule has 0 N–H and O–H groups in total. The predicted octanol–water partition coefficient (Wildman–Crippen LogP) is 3.80. The molecule has 0 spiro atoms. The summed E-state index contributed by atoms with van der Waals surface area (Å²) in [5, 5.41) is 0. The normalized spacial score (nSPS) is 13.4. The SMILES string of the molecule is C/[C](c1ccccc1)=[Ti+2](/[C]1=CC=CC1)[CH]1c2ccc(-c3ccccc3)cc2-c2cc(-c3ccccc3)ccc21.[Cl-].[Cl-]. The van der Waals surface area contributed by atoms with E-state index in [9.17, 15) is 0 Å². The Morgan fingerprint density at radius 1 is 0.585 bits per heavy atom. The van der Waals surface area contributed by atoms with Gasteiger partial charge >= 0.3 is 238 Å². The molecule has 5 aromatic carbocycles. The quantitative estimate of drug-likeness (QED) is 0.268. The Morgan fingerprint density at radius 3 is 1.54 bits per heavy atom. The third kappa shape index (κ3) is 5.51. The van der Waals surface area contributed by atoms with E-state index in [1.165, 1.54) is 50.1 Å². The smallest absolute Gasteiger partial charge is 1.00 e. The molecule has 0 aliphatic heterocycles. The van der Waals surface area contributed by atoms with Crippen LogP contribution < -0.4 is 24.8 Å². The Hall–Kier alpha value is -3.26. The van der Waals surface area contributed by atoms with Crippen molar-refractivity contribution in [1.29, 1.82) is 0 Å². The van der Waals surface area contributed by atoms with Crippen LogP contribution in [0.4, 0.5) is 0 Å². The number of hydrogen-bond donors (Lipinski definition) is 0. The number of benzene rings is 5. The van der Waals surface area contributed by atoms with Crippen LogP contribution in [0.15, 0.2) is 149 Å². The van der Waals surface area contributed by atoms with E-state index >= 15 is 0 Å². The van der Waals surface area contributed by atoms with Crippen molar-refractivity contribution >= 4 is 3.81 Å². The Bertz CT molecular complexity index is 1680. The molecule has 0 heterocycles. The number of halogens is 2. The van der Waals surface area contributed by atoms with Crippen LogP contribution in [-0.4, -0.2) is 3.81 Å². The fourth-order valence-electron chi connectivity index (χ4n) is 6.31. The van der Waals surface area contributed by atoms with Crippen molar-refractivity contribution in [2.24, 2.45) is 0 Å². The third-order valence-electron chi connectivity index (χ3n) is 8.25. The summed E-state index contributed by atoms with van der Waals surface area (Å²) in [5.41, 5.74) is 12.4. The summed E-state index contributed by atoms with van der Waals surface area (Å²) in [6.45, 7) is 2.41. The molecule has 5 aromatic rings. The second kappa shape index (κ2) is 12.7. The van der Waals surface area contributed by atoms with Gasteiger partial charge < -0.3 is 24.8 Å². The van der Waals surface area contributed by atoms with Gasteiger partial charge in [-0.15, -0.1) is 0 Å². The number of allylic oxidation sites excluding steroid dienone is 4. The fraction of sp³-hybridized carbons (Fsp3) is 0.0789. The van der Waals surface area contributed by atoms with E-state index in [0.717, 1.165) is 6.42 Å². The largest absolute Gasteiger partial charge is 1.00 e. The van der Waals surface area contributed by atoms with Gasteiger partial charge in [0.05, 0.1) is 0 Å². The molecular formula is C38H30Cl2Ti. The second-order valence-corrected chi connectivity index (χ2v) is 14.9. The molecule has 3 heteroatoms. The van der Waals surface area contributed by atoms with Gasteiger partial charge in [0.15, 0.2) is 0 Å². The van der Waals surface area contributed by atoms with Crippen LogP contribution in [0.25, 0.3) is 33.4 Å². The van der Waals surface area contributed by atoms with Crippen LogP contribution in [-0.2, 0) is 17.4 Å². The predicted molar refractivity (Wildman–Crippen MR) is 163 cm³/mol. The minimum absolute atomic E-state index is 0. The number of hydrogen-bond acceptors (Lipinski definition) is 0. The molecule has 0 unspecified atom stereocenters. The molecule has 41 heavy (non-hydrogen) atoms. The van der Waals surface area contributed by atoms with Crippen molar-refractivity contribution in [2.45, 2.75) is 17.6 Å². The molecule has 0 saturated heterocycles. The summed E-state index contributed by atoms with van der Waals surface area (Å²) in [5.74, 6) is 0. The maximum atomic E-state index is 2.45. The van der Waals surface area contributed by atoms with E-state index in [0.29, 0.717) is 4.22 Å². The molecule has 0 nitrogen and oxygen atoms in total. The van der Waals surface area contributed by atoms with Crippen molar-refractivity contribution in [3.63, 3.8) is 0 Å². The zero-order valence-electron chi connectivity index (χ0n) is 22.9. The van der Waals surface area contributed by atoms with E-state index in [-0.39, 0.29) is 24.8 Å².